The molecule has 0 amide bonds. The molecule has 1 aliphatic rings. The maximum absolute atomic E-state index is 11.8. The van der Waals surface area contributed by atoms with Gasteiger partial charge in [-0.25, -0.2) is 28.1 Å². The van der Waals surface area contributed by atoms with Crippen LogP contribution in [-0.2, 0) is 16.3 Å². The third-order valence-electron chi connectivity index (χ3n) is 3.89. The summed E-state index contributed by atoms with van der Waals surface area (Å²) in [6.07, 6.45) is 6.71. The van der Waals surface area contributed by atoms with E-state index in [0.29, 0.717) is 18.2 Å². The molecule has 24 heavy (non-hydrogen) atoms. The molecular weight excluding hydrogens is 348 g/mol. The summed E-state index contributed by atoms with van der Waals surface area (Å²) < 4.78 is 25.4. The first kappa shape index (κ1) is 17.2. The van der Waals surface area contributed by atoms with E-state index in [1.807, 2.05) is 6.26 Å². The first-order chi connectivity index (χ1) is 11.5. The Hall–Kier alpha value is -1.68. The molecule has 1 saturated heterocycles. The summed E-state index contributed by atoms with van der Waals surface area (Å²) in [5, 5.41) is 7.44. The highest BCUT2D eigenvalue weighted by Gasteiger charge is 2.32. The number of nitrogens with zero attached hydrogens (tertiary/aromatic N) is 5. The predicted octanol–water partition coefficient (Wildman–Crippen LogP) is 1.04. The number of aryl methyl sites for hydroxylation is 1. The van der Waals surface area contributed by atoms with Crippen molar-refractivity contribution in [3.8, 4) is 11.4 Å². The van der Waals surface area contributed by atoms with E-state index in [2.05, 4.69) is 25.4 Å². The second-order valence-electron chi connectivity index (χ2n) is 5.64. The number of sulfone groups is 1. The Morgan fingerprint density at radius 2 is 2.12 bits per heavy atom. The molecule has 0 unspecified atom stereocenters. The second kappa shape index (κ2) is 7.06. The second-order valence-corrected chi connectivity index (χ2v) is 8.86. The van der Waals surface area contributed by atoms with Gasteiger partial charge in [-0.15, -0.1) is 0 Å². The molecular formula is C14H20N6O2S2. The van der Waals surface area contributed by atoms with Crippen LogP contribution in [0.3, 0.4) is 0 Å². The van der Waals surface area contributed by atoms with E-state index in [4.69, 9.17) is 0 Å². The molecule has 2 aromatic heterocycles. The summed E-state index contributed by atoms with van der Waals surface area (Å²) >= 11 is 1.73. The third-order valence-corrected chi connectivity index (χ3v) is 6.26. The Labute approximate surface area is 145 Å². The highest BCUT2D eigenvalue weighted by Crippen LogP contribution is 2.28. The normalized spacial score (nSPS) is 19.5. The summed E-state index contributed by atoms with van der Waals surface area (Å²) in [6, 6.07) is -0.176. The number of hydrogen-bond donors (Lipinski definition) is 1. The zero-order valence-corrected chi connectivity index (χ0v) is 15.3. The fraction of sp³-hybridized carbons (Fsp3) is 0.571. The minimum Gasteiger partial charge on any atom is -0.357 e. The number of aromatic nitrogens is 5. The van der Waals surface area contributed by atoms with Crippen molar-refractivity contribution in [1.82, 2.24) is 24.7 Å². The van der Waals surface area contributed by atoms with Crippen molar-refractivity contribution in [3.05, 3.63) is 18.2 Å². The lowest BCUT2D eigenvalue weighted by Gasteiger charge is -2.11. The zero-order valence-electron chi connectivity index (χ0n) is 13.6. The van der Waals surface area contributed by atoms with E-state index in [9.17, 15) is 8.42 Å². The van der Waals surface area contributed by atoms with E-state index in [1.54, 1.807) is 35.9 Å². The van der Waals surface area contributed by atoms with Gasteiger partial charge in [-0.1, -0.05) is 0 Å². The third kappa shape index (κ3) is 3.69. The van der Waals surface area contributed by atoms with E-state index >= 15 is 0 Å². The fourth-order valence-electron chi connectivity index (χ4n) is 2.66. The van der Waals surface area contributed by atoms with Crippen molar-refractivity contribution in [2.24, 2.45) is 0 Å². The molecule has 0 aliphatic carbocycles. The molecule has 10 heteroatoms. The summed E-state index contributed by atoms with van der Waals surface area (Å²) in [6.45, 7) is 0. The minimum absolute atomic E-state index is 0.112. The Bertz CT molecular complexity index is 803. The molecule has 1 aliphatic heterocycles. The summed E-state index contributed by atoms with van der Waals surface area (Å²) in [7, 11) is -1.24. The van der Waals surface area contributed by atoms with Crippen molar-refractivity contribution in [3.63, 3.8) is 0 Å². The number of thioether (sulfide) groups is 1. The van der Waals surface area contributed by atoms with Gasteiger partial charge in [0.1, 0.15) is 0 Å². The lowest BCUT2D eigenvalue weighted by molar-refractivity contribution is 0.500. The van der Waals surface area contributed by atoms with E-state index in [1.165, 1.54) is 0 Å². The van der Waals surface area contributed by atoms with Crippen LogP contribution < -0.4 is 5.32 Å². The topological polar surface area (TPSA) is 103 Å². The molecule has 8 nitrogen and oxygen atoms in total. The molecule has 3 rings (SSSR count). The first-order valence-electron chi connectivity index (χ1n) is 7.67. The van der Waals surface area contributed by atoms with Crippen molar-refractivity contribution in [2.45, 2.75) is 18.9 Å². The molecule has 130 valence electrons. The van der Waals surface area contributed by atoms with Gasteiger partial charge in [0, 0.05) is 31.6 Å². The van der Waals surface area contributed by atoms with Gasteiger partial charge in [-0.2, -0.15) is 16.9 Å². The number of hydrogen-bond acceptors (Lipinski definition) is 8. The highest BCUT2D eigenvalue weighted by atomic mass is 32.2. The highest BCUT2D eigenvalue weighted by molar-refractivity contribution is 7.98. The standard InChI is InChI=1S/C14H20N6O2S2/c1-15-14-16-7-10(8-17-14)13-18-12(3-5-23-2)19-20(13)11-4-6-24(21,22)9-11/h7-8,11H,3-6,9H2,1-2H3,(H,15,16,17)/t11-/m1/s1. The van der Waals surface area contributed by atoms with Gasteiger partial charge in [-0.05, 0) is 12.7 Å². The zero-order chi connectivity index (χ0) is 17.2. The Morgan fingerprint density at radius 3 is 2.71 bits per heavy atom. The van der Waals surface area contributed by atoms with Crippen molar-refractivity contribution in [2.75, 3.05) is 35.9 Å². The molecule has 0 radical (unpaired) electrons. The molecule has 0 saturated carbocycles. The SMILES string of the molecule is CNc1ncc(-c2nc(CCSC)nn2[C@@H]2CCS(=O)(=O)C2)cn1. The van der Waals surface area contributed by atoms with Crippen LogP contribution in [0.2, 0.25) is 0 Å². The van der Waals surface area contributed by atoms with Crippen LogP contribution in [0.1, 0.15) is 18.3 Å². The molecule has 0 spiro atoms. The summed E-state index contributed by atoms with van der Waals surface area (Å²) in [5.41, 5.74) is 0.737. The van der Waals surface area contributed by atoms with Crippen LogP contribution in [0.5, 0.6) is 0 Å². The van der Waals surface area contributed by atoms with Crippen LogP contribution in [0.4, 0.5) is 5.95 Å². The van der Waals surface area contributed by atoms with Gasteiger partial charge in [0.2, 0.25) is 5.95 Å². The summed E-state index contributed by atoms with van der Waals surface area (Å²) in [4.78, 5) is 13.0. The number of anilines is 1. The molecule has 3 heterocycles. The maximum Gasteiger partial charge on any atom is 0.222 e. The Kier molecular flexibility index (Phi) is 5.04. The van der Waals surface area contributed by atoms with Crippen LogP contribution in [0.25, 0.3) is 11.4 Å². The smallest absolute Gasteiger partial charge is 0.222 e. The lowest BCUT2D eigenvalue weighted by Crippen LogP contribution is -2.14. The van der Waals surface area contributed by atoms with E-state index < -0.39 is 9.84 Å². The predicted molar refractivity (Wildman–Crippen MR) is 95.0 cm³/mol. The Balaban J connectivity index is 1.97. The molecule has 1 atom stereocenters. The average Bonchev–Trinajstić information content (AvgIpc) is 3.16. The first-order valence-corrected chi connectivity index (χ1v) is 10.9. The van der Waals surface area contributed by atoms with Gasteiger partial charge >= 0.3 is 0 Å². The van der Waals surface area contributed by atoms with Gasteiger partial charge in [0.05, 0.1) is 23.1 Å². The summed E-state index contributed by atoms with van der Waals surface area (Å²) in [5.74, 6) is 3.11. The fourth-order valence-corrected chi connectivity index (χ4v) is 4.74. The molecule has 2 aromatic rings. The van der Waals surface area contributed by atoms with Gasteiger partial charge < -0.3 is 5.32 Å². The van der Waals surface area contributed by atoms with E-state index in [-0.39, 0.29) is 17.5 Å². The molecule has 0 aromatic carbocycles. The van der Waals surface area contributed by atoms with Gasteiger partial charge in [0.15, 0.2) is 21.5 Å². The number of rotatable bonds is 6. The minimum atomic E-state index is -2.99. The quantitative estimate of drug-likeness (QED) is 0.807. The Morgan fingerprint density at radius 1 is 1.38 bits per heavy atom. The van der Waals surface area contributed by atoms with Gasteiger partial charge in [0.25, 0.3) is 0 Å². The van der Waals surface area contributed by atoms with Crippen molar-refractivity contribution in [1.29, 1.82) is 0 Å². The molecule has 1 N–H and O–H groups in total. The van der Waals surface area contributed by atoms with Crippen LogP contribution in [-0.4, -0.2) is 63.7 Å². The number of nitrogens with one attached hydrogen (secondary N) is 1. The van der Waals surface area contributed by atoms with Gasteiger partial charge in [-0.3, -0.25) is 0 Å². The van der Waals surface area contributed by atoms with Crippen LogP contribution >= 0.6 is 11.8 Å². The maximum atomic E-state index is 11.8. The average molecular weight is 368 g/mol. The van der Waals surface area contributed by atoms with Crippen molar-refractivity contribution >= 4 is 27.5 Å². The largest absolute Gasteiger partial charge is 0.357 e. The van der Waals surface area contributed by atoms with Crippen LogP contribution in [0, 0.1) is 0 Å². The van der Waals surface area contributed by atoms with Crippen LogP contribution in [0.15, 0.2) is 12.4 Å². The van der Waals surface area contributed by atoms with Crippen molar-refractivity contribution < 1.29 is 8.42 Å². The molecule has 1 fully saturated rings. The lowest BCUT2D eigenvalue weighted by atomic mass is 10.2. The molecule has 0 bridgehead atoms. The van der Waals surface area contributed by atoms with E-state index in [0.717, 1.165) is 23.6 Å². The monoisotopic (exact) mass is 368 g/mol.